The number of hydrogen-bond acceptors (Lipinski definition) is 2. The fourth-order valence-electron chi connectivity index (χ4n) is 2.26. The standard InChI is InChI=1S/C18H18F4N2O/c1-10(2)11(3)14-9-13(4-5-15(14)19)24-17(25)16-8-12(6-7-23-16)18(20,21)22/h4-11H,1-3H3,(H,24,25). The number of alkyl halides is 3. The zero-order valence-corrected chi connectivity index (χ0v) is 14.0. The summed E-state index contributed by atoms with van der Waals surface area (Å²) >= 11 is 0. The molecule has 7 heteroatoms. The first-order valence-electron chi connectivity index (χ1n) is 7.73. The van der Waals surface area contributed by atoms with E-state index in [1.54, 1.807) is 0 Å². The van der Waals surface area contributed by atoms with Crippen LogP contribution in [0.15, 0.2) is 36.5 Å². The average molecular weight is 354 g/mol. The molecule has 0 saturated carbocycles. The van der Waals surface area contributed by atoms with Crippen LogP contribution in [0.25, 0.3) is 0 Å². The van der Waals surface area contributed by atoms with Gasteiger partial charge in [-0.3, -0.25) is 9.78 Å². The van der Waals surface area contributed by atoms with E-state index < -0.39 is 23.5 Å². The van der Waals surface area contributed by atoms with Gasteiger partial charge in [-0.2, -0.15) is 13.2 Å². The van der Waals surface area contributed by atoms with Crippen molar-refractivity contribution in [1.82, 2.24) is 4.98 Å². The van der Waals surface area contributed by atoms with Gasteiger partial charge in [0.2, 0.25) is 0 Å². The number of aromatic nitrogens is 1. The van der Waals surface area contributed by atoms with E-state index in [4.69, 9.17) is 0 Å². The Hall–Kier alpha value is -2.44. The molecule has 0 bridgehead atoms. The molecule has 0 saturated heterocycles. The summed E-state index contributed by atoms with van der Waals surface area (Å²) in [7, 11) is 0. The summed E-state index contributed by atoms with van der Waals surface area (Å²) in [5.74, 6) is -1.08. The van der Waals surface area contributed by atoms with Crippen LogP contribution in [0.2, 0.25) is 0 Å². The largest absolute Gasteiger partial charge is 0.416 e. The highest BCUT2D eigenvalue weighted by atomic mass is 19.4. The van der Waals surface area contributed by atoms with Crippen molar-refractivity contribution in [3.8, 4) is 0 Å². The number of pyridine rings is 1. The number of halogens is 4. The lowest BCUT2D eigenvalue weighted by molar-refractivity contribution is -0.137. The molecule has 1 atom stereocenters. The first-order valence-corrected chi connectivity index (χ1v) is 7.73. The number of nitrogens with zero attached hydrogens (tertiary/aromatic N) is 1. The van der Waals surface area contributed by atoms with Gasteiger partial charge in [-0.1, -0.05) is 20.8 Å². The second kappa shape index (κ2) is 7.21. The number of hydrogen-bond donors (Lipinski definition) is 1. The monoisotopic (exact) mass is 354 g/mol. The molecule has 1 amide bonds. The zero-order chi connectivity index (χ0) is 18.8. The number of nitrogens with one attached hydrogen (secondary N) is 1. The van der Waals surface area contributed by atoms with E-state index in [1.165, 1.54) is 18.2 Å². The summed E-state index contributed by atoms with van der Waals surface area (Å²) in [4.78, 5) is 15.8. The van der Waals surface area contributed by atoms with Crippen molar-refractivity contribution in [2.45, 2.75) is 32.9 Å². The van der Waals surface area contributed by atoms with Gasteiger partial charge in [0.15, 0.2) is 0 Å². The minimum absolute atomic E-state index is 0.0801. The van der Waals surface area contributed by atoms with Crippen LogP contribution in [0.4, 0.5) is 23.2 Å². The number of anilines is 1. The van der Waals surface area contributed by atoms with Gasteiger partial charge >= 0.3 is 6.18 Å². The van der Waals surface area contributed by atoms with Crippen molar-refractivity contribution in [2.24, 2.45) is 5.92 Å². The fourth-order valence-corrected chi connectivity index (χ4v) is 2.26. The Morgan fingerprint density at radius 1 is 1.12 bits per heavy atom. The van der Waals surface area contributed by atoms with Crippen molar-refractivity contribution in [3.63, 3.8) is 0 Å². The van der Waals surface area contributed by atoms with E-state index in [0.29, 0.717) is 17.3 Å². The molecule has 1 aromatic heterocycles. The fraction of sp³-hybridized carbons (Fsp3) is 0.333. The van der Waals surface area contributed by atoms with Crippen LogP contribution >= 0.6 is 0 Å². The maximum atomic E-state index is 14.0. The van der Waals surface area contributed by atoms with E-state index in [0.717, 1.165) is 12.3 Å². The summed E-state index contributed by atoms with van der Waals surface area (Å²) in [6.45, 7) is 5.76. The van der Waals surface area contributed by atoms with Crippen LogP contribution in [0.5, 0.6) is 0 Å². The Labute approximate surface area is 143 Å². The van der Waals surface area contributed by atoms with Gasteiger partial charge in [0.1, 0.15) is 11.5 Å². The SMILES string of the molecule is CC(C)C(C)c1cc(NC(=O)c2cc(C(F)(F)F)ccn2)ccc1F. The summed E-state index contributed by atoms with van der Waals surface area (Å²) in [5, 5.41) is 2.46. The van der Waals surface area contributed by atoms with Gasteiger partial charge in [0.25, 0.3) is 5.91 Å². The smallest absolute Gasteiger partial charge is 0.321 e. The normalized spacial score (nSPS) is 13.0. The molecular formula is C18H18F4N2O. The van der Waals surface area contributed by atoms with Gasteiger partial charge in [0.05, 0.1) is 5.56 Å². The Bertz CT molecular complexity index is 772. The highest BCUT2D eigenvalue weighted by molar-refractivity contribution is 6.03. The maximum Gasteiger partial charge on any atom is 0.416 e. The van der Waals surface area contributed by atoms with E-state index >= 15 is 0 Å². The third kappa shape index (κ3) is 4.55. The summed E-state index contributed by atoms with van der Waals surface area (Å²) < 4.78 is 52.1. The lowest BCUT2D eigenvalue weighted by Gasteiger charge is -2.18. The van der Waals surface area contributed by atoms with E-state index in [9.17, 15) is 22.4 Å². The molecule has 1 unspecified atom stereocenters. The average Bonchev–Trinajstić information content (AvgIpc) is 2.55. The molecule has 0 aliphatic carbocycles. The second-order valence-corrected chi connectivity index (χ2v) is 6.15. The highest BCUT2D eigenvalue weighted by Crippen LogP contribution is 2.30. The molecule has 0 spiro atoms. The third-order valence-corrected chi connectivity index (χ3v) is 4.06. The molecule has 0 fully saturated rings. The Morgan fingerprint density at radius 2 is 1.80 bits per heavy atom. The summed E-state index contributed by atoms with van der Waals surface area (Å²) in [6.07, 6.45) is -3.64. The predicted molar refractivity (Wildman–Crippen MR) is 86.8 cm³/mol. The molecule has 1 N–H and O–H groups in total. The predicted octanol–water partition coefficient (Wildman–Crippen LogP) is 5.25. The van der Waals surface area contributed by atoms with Crippen LogP contribution in [0.3, 0.4) is 0 Å². The van der Waals surface area contributed by atoms with Crippen molar-refractivity contribution in [1.29, 1.82) is 0 Å². The Morgan fingerprint density at radius 3 is 2.40 bits per heavy atom. The molecule has 134 valence electrons. The van der Waals surface area contributed by atoms with E-state index in [2.05, 4.69) is 10.3 Å². The van der Waals surface area contributed by atoms with E-state index in [-0.39, 0.29) is 17.5 Å². The molecule has 1 heterocycles. The molecule has 0 aliphatic heterocycles. The number of rotatable bonds is 4. The van der Waals surface area contributed by atoms with Crippen molar-refractivity contribution >= 4 is 11.6 Å². The molecule has 1 aromatic carbocycles. The lowest BCUT2D eigenvalue weighted by atomic mass is 9.90. The Kier molecular flexibility index (Phi) is 5.45. The topological polar surface area (TPSA) is 42.0 Å². The van der Waals surface area contributed by atoms with Gasteiger partial charge in [-0.15, -0.1) is 0 Å². The van der Waals surface area contributed by atoms with Gasteiger partial charge < -0.3 is 5.32 Å². The minimum Gasteiger partial charge on any atom is -0.321 e. The molecule has 0 radical (unpaired) electrons. The summed E-state index contributed by atoms with van der Waals surface area (Å²) in [5.41, 5.74) is -0.587. The van der Waals surface area contributed by atoms with Crippen LogP contribution in [0, 0.1) is 11.7 Å². The van der Waals surface area contributed by atoms with Crippen molar-refractivity contribution < 1.29 is 22.4 Å². The van der Waals surface area contributed by atoms with Gasteiger partial charge in [-0.05, 0) is 47.7 Å². The first kappa shape index (κ1) is 18.9. The molecule has 3 nitrogen and oxygen atoms in total. The molecule has 0 aliphatic rings. The zero-order valence-electron chi connectivity index (χ0n) is 14.0. The third-order valence-electron chi connectivity index (χ3n) is 4.06. The van der Waals surface area contributed by atoms with E-state index in [1.807, 2.05) is 20.8 Å². The van der Waals surface area contributed by atoms with Gasteiger partial charge in [-0.25, -0.2) is 4.39 Å². The molecular weight excluding hydrogens is 336 g/mol. The highest BCUT2D eigenvalue weighted by Gasteiger charge is 2.31. The van der Waals surface area contributed by atoms with Crippen molar-refractivity contribution in [2.75, 3.05) is 5.32 Å². The molecule has 2 aromatic rings. The molecule has 25 heavy (non-hydrogen) atoms. The number of amides is 1. The number of carbonyl (C=O) groups is 1. The second-order valence-electron chi connectivity index (χ2n) is 6.15. The quantitative estimate of drug-likeness (QED) is 0.762. The van der Waals surface area contributed by atoms with Crippen molar-refractivity contribution in [3.05, 3.63) is 59.2 Å². The van der Waals surface area contributed by atoms with Gasteiger partial charge in [0, 0.05) is 11.9 Å². The van der Waals surface area contributed by atoms with Crippen LogP contribution in [0.1, 0.15) is 48.3 Å². The first-order chi connectivity index (χ1) is 11.6. The van der Waals surface area contributed by atoms with Crippen LogP contribution in [-0.4, -0.2) is 10.9 Å². The summed E-state index contributed by atoms with van der Waals surface area (Å²) in [6, 6.07) is 5.54. The van der Waals surface area contributed by atoms with Crippen LogP contribution in [-0.2, 0) is 6.18 Å². The number of carbonyl (C=O) groups excluding carboxylic acids is 1. The molecule has 2 rings (SSSR count). The number of benzene rings is 1. The minimum atomic E-state index is -4.56. The lowest BCUT2D eigenvalue weighted by Crippen LogP contribution is -2.16. The Balaban J connectivity index is 2.25. The van der Waals surface area contributed by atoms with Crippen LogP contribution < -0.4 is 5.32 Å². The maximum absolute atomic E-state index is 14.0.